The van der Waals surface area contributed by atoms with Crippen LogP contribution in [0.5, 0.6) is 5.75 Å². The van der Waals surface area contributed by atoms with Crippen LogP contribution < -0.4 is 10.1 Å². The molecule has 1 aromatic heterocycles. The maximum absolute atomic E-state index is 12.3. The van der Waals surface area contributed by atoms with Crippen LogP contribution in [-0.4, -0.2) is 18.0 Å². The van der Waals surface area contributed by atoms with Crippen molar-refractivity contribution < 1.29 is 9.53 Å². The van der Waals surface area contributed by atoms with Gasteiger partial charge in [-0.25, -0.2) is 4.98 Å². The van der Waals surface area contributed by atoms with Crippen molar-refractivity contribution in [1.29, 1.82) is 5.26 Å². The summed E-state index contributed by atoms with van der Waals surface area (Å²) in [6.45, 7) is 0. The zero-order valence-electron chi connectivity index (χ0n) is 12.8. The molecule has 0 unspecified atom stereocenters. The summed E-state index contributed by atoms with van der Waals surface area (Å²) in [5, 5.41) is 12.4. The van der Waals surface area contributed by atoms with Crippen molar-refractivity contribution in [1.82, 2.24) is 4.98 Å². The fourth-order valence-electron chi connectivity index (χ4n) is 2.11. The largest absolute Gasteiger partial charge is 0.497 e. The molecule has 5 nitrogen and oxygen atoms in total. The number of ether oxygens (including phenoxy) is 1. The number of rotatable bonds is 4. The van der Waals surface area contributed by atoms with Crippen LogP contribution in [0.1, 0.15) is 5.56 Å². The van der Waals surface area contributed by atoms with Gasteiger partial charge in [-0.3, -0.25) is 10.1 Å². The van der Waals surface area contributed by atoms with E-state index in [0.717, 1.165) is 21.5 Å². The monoisotopic (exact) mass is 335 g/mol. The number of carbonyl (C=O) groups excluding carboxylic acids is 1. The third kappa shape index (κ3) is 3.42. The number of nitrogens with zero attached hydrogens (tertiary/aromatic N) is 2. The first kappa shape index (κ1) is 15.7. The molecule has 0 saturated heterocycles. The molecule has 1 N–H and O–H groups in total. The summed E-state index contributed by atoms with van der Waals surface area (Å²) in [7, 11) is 1.60. The molecule has 2 aromatic carbocycles. The number of carbonyl (C=O) groups is 1. The van der Waals surface area contributed by atoms with Crippen molar-refractivity contribution in [2.45, 2.75) is 0 Å². The Morgan fingerprint density at radius 3 is 2.79 bits per heavy atom. The topological polar surface area (TPSA) is 75.0 Å². The Hall–Kier alpha value is -3.17. The van der Waals surface area contributed by atoms with Crippen molar-refractivity contribution in [3.63, 3.8) is 0 Å². The molecule has 0 spiro atoms. The first-order chi connectivity index (χ1) is 11.7. The zero-order valence-corrected chi connectivity index (χ0v) is 13.6. The van der Waals surface area contributed by atoms with Crippen LogP contribution >= 0.6 is 11.3 Å². The highest BCUT2D eigenvalue weighted by Gasteiger charge is 2.12. The minimum atomic E-state index is -0.479. The van der Waals surface area contributed by atoms with Crippen LogP contribution in [0.4, 0.5) is 5.13 Å². The third-order valence-corrected chi connectivity index (χ3v) is 4.23. The van der Waals surface area contributed by atoms with Crippen LogP contribution in [-0.2, 0) is 4.79 Å². The van der Waals surface area contributed by atoms with E-state index in [1.807, 2.05) is 54.6 Å². The first-order valence-corrected chi connectivity index (χ1v) is 7.94. The number of benzene rings is 2. The van der Waals surface area contributed by atoms with Crippen LogP contribution in [0, 0.1) is 11.3 Å². The average Bonchev–Trinajstić information content (AvgIpc) is 3.01. The standard InChI is InChI=1S/C18H13N3O2S/c1-23-14-7-8-15-16(10-14)24-18(20-15)21-17(22)13(11-19)9-12-5-3-2-4-6-12/h2-10H,1H3,(H,20,21,22)/b13-9+. The Morgan fingerprint density at radius 2 is 2.08 bits per heavy atom. The lowest BCUT2D eigenvalue weighted by atomic mass is 10.1. The van der Waals surface area contributed by atoms with Crippen LogP contribution in [0.3, 0.4) is 0 Å². The minimum Gasteiger partial charge on any atom is -0.497 e. The zero-order chi connectivity index (χ0) is 16.9. The van der Waals surface area contributed by atoms with Crippen molar-refractivity contribution in [3.05, 3.63) is 59.7 Å². The average molecular weight is 335 g/mol. The summed E-state index contributed by atoms with van der Waals surface area (Å²) < 4.78 is 6.07. The van der Waals surface area contributed by atoms with Crippen molar-refractivity contribution in [2.24, 2.45) is 0 Å². The molecule has 0 saturated carbocycles. The van der Waals surface area contributed by atoms with Gasteiger partial charge in [-0.1, -0.05) is 41.7 Å². The molecule has 0 radical (unpaired) electrons. The van der Waals surface area contributed by atoms with E-state index < -0.39 is 5.91 Å². The normalized spacial score (nSPS) is 11.1. The first-order valence-electron chi connectivity index (χ1n) is 7.12. The number of hydrogen-bond acceptors (Lipinski definition) is 5. The number of amides is 1. The summed E-state index contributed by atoms with van der Waals surface area (Å²) in [5.74, 6) is 0.248. The number of anilines is 1. The lowest BCUT2D eigenvalue weighted by Gasteiger charge is -1.99. The van der Waals surface area contributed by atoms with Gasteiger partial charge in [0.1, 0.15) is 17.4 Å². The molecule has 0 bridgehead atoms. The van der Waals surface area contributed by atoms with E-state index in [9.17, 15) is 10.1 Å². The maximum Gasteiger partial charge on any atom is 0.268 e. The molecule has 0 fully saturated rings. The van der Waals surface area contributed by atoms with Crippen LogP contribution in [0.2, 0.25) is 0 Å². The Morgan fingerprint density at radius 1 is 1.29 bits per heavy atom. The lowest BCUT2D eigenvalue weighted by Crippen LogP contribution is -2.13. The molecule has 0 aliphatic heterocycles. The smallest absolute Gasteiger partial charge is 0.268 e. The molecule has 3 aromatic rings. The molecular weight excluding hydrogens is 322 g/mol. The van der Waals surface area contributed by atoms with Gasteiger partial charge in [0.2, 0.25) is 0 Å². The lowest BCUT2D eigenvalue weighted by molar-refractivity contribution is -0.112. The highest BCUT2D eigenvalue weighted by atomic mass is 32.1. The van der Waals surface area contributed by atoms with E-state index in [1.165, 1.54) is 11.3 Å². The van der Waals surface area contributed by atoms with E-state index in [1.54, 1.807) is 13.2 Å². The van der Waals surface area contributed by atoms with E-state index in [0.29, 0.717) is 5.13 Å². The number of thiazole rings is 1. The highest BCUT2D eigenvalue weighted by molar-refractivity contribution is 7.22. The van der Waals surface area contributed by atoms with Gasteiger partial charge in [0.25, 0.3) is 5.91 Å². The molecule has 0 atom stereocenters. The van der Waals surface area contributed by atoms with Crippen molar-refractivity contribution in [2.75, 3.05) is 12.4 Å². The Bertz CT molecular complexity index is 955. The third-order valence-electron chi connectivity index (χ3n) is 3.29. The van der Waals surface area contributed by atoms with E-state index in [2.05, 4.69) is 10.3 Å². The predicted octanol–water partition coefficient (Wildman–Crippen LogP) is 3.85. The number of methoxy groups -OCH3 is 1. The molecule has 1 amide bonds. The number of nitriles is 1. The maximum atomic E-state index is 12.3. The molecule has 118 valence electrons. The summed E-state index contributed by atoms with van der Waals surface area (Å²) in [6.07, 6.45) is 1.55. The van der Waals surface area contributed by atoms with Crippen LogP contribution in [0.15, 0.2) is 54.1 Å². The Balaban J connectivity index is 1.83. The molecule has 1 heterocycles. The molecule has 3 rings (SSSR count). The van der Waals surface area contributed by atoms with Gasteiger partial charge in [-0.15, -0.1) is 0 Å². The Labute approximate surface area is 142 Å². The second-order valence-corrected chi connectivity index (χ2v) is 5.92. The minimum absolute atomic E-state index is 0.0260. The van der Waals surface area contributed by atoms with E-state index in [4.69, 9.17) is 4.74 Å². The summed E-state index contributed by atoms with van der Waals surface area (Å²) >= 11 is 1.33. The van der Waals surface area contributed by atoms with E-state index in [-0.39, 0.29) is 5.57 Å². The molecule has 24 heavy (non-hydrogen) atoms. The number of hydrogen-bond donors (Lipinski definition) is 1. The molecule has 0 aliphatic rings. The molecular formula is C18H13N3O2S. The molecule has 6 heteroatoms. The quantitative estimate of drug-likeness (QED) is 0.580. The summed E-state index contributed by atoms with van der Waals surface area (Å²) in [5.41, 5.74) is 1.58. The number of nitrogens with one attached hydrogen (secondary N) is 1. The number of fused-ring (bicyclic) bond motifs is 1. The van der Waals surface area contributed by atoms with Gasteiger partial charge in [0, 0.05) is 0 Å². The summed E-state index contributed by atoms with van der Waals surface area (Å²) in [4.78, 5) is 16.6. The predicted molar refractivity (Wildman–Crippen MR) is 94.8 cm³/mol. The summed E-state index contributed by atoms with van der Waals surface area (Å²) in [6, 6.07) is 16.6. The van der Waals surface area contributed by atoms with Crippen LogP contribution in [0.25, 0.3) is 16.3 Å². The van der Waals surface area contributed by atoms with Gasteiger partial charge in [-0.05, 0) is 29.8 Å². The van der Waals surface area contributed by atoms with Crippen molar-refractivity contribution in [3.8, 4) is 11.8 Å². The number of aromatic nitrogens is 1. The van der Waals surface area contributed by atoms with Gasteiger partial charge in [0.15, 0.2) is 5.13 Å². The molecule has 0 aliphatic carbocycles. The second-order valence-electron chi connectivity index (χ2n) is 4.89. The second kappa shape index (κ2) is 6.94. The van der Waals surface area contributed by atoms with Gasteiger partial charge >= 0.3 is 0 Å². The van der Waals surface area contributed by atoms with Gasteiger partial charge < -0.3 is 4.74 Å². The van der Waals surface area contributed by atoms with Gasteiger partial charge in [0.05, 0.1) is 17.3 Å². The SMILES string of the molecule is COc1ccc2nc(NC(=O)/C(C#N)=C/c3ccccc3)sc2c1. The van der Waals surface area contributed by atoms with Crippen molar-refractivity contribution >= 4 is 38.7 Å². The van der Waals surface area contributed by atoms with Gasteiger partial charge in [-0.2, -0.15) is 5.26 Å². The Kier molecular flexibility index (Phi) is 4.54. The fraction of sp³-hybridized carbons (Fsp3) is 0.0556. The fourth-order valence-corrected chi connectivity index (χ4v) is 3.00. The highest BCUT2D eigenvalue weighted by Crippen LogP contribution is 2.29. The van der Waals surface area contributed by atoms with E-state index >= 15 is 0 Å².